The normalized spacial score (nSPS) is 12.7. The van der Waals surface area contributed by atoms with Gasteiger partial charge in [0.05, 0.1) is 5.51 Å². The Bertz CT molecular complexity index is 676. The van der Waals surface area contributed by atoms with Crippen molar-refractivity contribution in [1.82, 2.24) is 10.3 Å². The SMILES string of the molecule is CCNC(Cc1cncs1)c1ccc2ccccc2c1. The van der Waals surface area contributed by atoms with E-state index in [1.165, 1.54) is 21.2 Å². The van der Waals surface area contributed by atoms with Crippen LogP contribution in [-0.4, -0.2) is 11.5 Å². The highest BCUT2D eigenvalue weighted by atomic mass is 32.1. The summed E-state index contributed by atoms with van der Waals surface area (Å²) in [5.74, 6) is 0. The Balaban J connectivity index is 1.91. The Morgan fingerprint density at radius 1 is 1.15 bits per heavy atom. The van der Waals surface area contributed by atoms with Crippen molar-refractivity contribution in [3.8, 4) is 0 Å². The summed E-state index contributed by atoms with van der Waals surface area (Å²) in [6.45, 7) is 3.12. The zero-order valence-electron chi connectivity index (χ0n) is 11.5. The third-order valence-corrected chi connectivity index (χ3v) is 4.32. The molecule has 20 heavy (non-hydrogen) atoms. The predicted octanol–water partition coefficient (Wildman–Crippen LogP) is 4.19. The summed E-state index contributed by atoms with van der Waals surface area (Å²) in [5, 5.41) is 6.18. The number of aromatic nitrogens is 1. The monoisotopic (exact) mass is 282 g/mol. The number of fused-ring (bicyclic) bond motifs is 1. The van der Waals surface area contributed by atoms with Gasteiger partial charge in [-0.25, -0.2) is 0 Å². The molecule has 1 heterocycles. The molecule has 0 saturated heterocycles. The molecule has 1 atom stereocenters. The first-order valence-corrected chi connectivity index (χ1v) is 7.84. The van der Waals surface area contributed by atoms with E-state index in [4.69, 9.17) is 0 Å². The second kappa shape index (κ2) is 6.16. The number of thiazole rings is 1. The molecule has 0 radical (unpaired) electrons. The number of hydrogen-bond acceptors (Lipinski definition) is 3. The van der Waals surface area contributed by atoms with Crippen molar-refractivity contribution >= 4 is 22.1 Å². The molecule has 0 amide bonds. The number of hydrogen-bond donors (Lipinski definition) is 1. The Kier molecular flexibility index (Phi) is 4.09. The average molecular weight is 282 g/mol. The third-order valence-electron chi connectivity index (χ3n) is 3.52. The highest BCUT2D eigenvalue weighted by molar-refractivity contribution is 7.09. The molecular weight excluding hydrogens is 264 g/mol. The minimum Gasteiger partial charge on any atom is -0.310 e. The van der Waals surface area contributed by atoms with Crippen LogP contribution < -0.4 is 5.32 Å². The zero-order valence-corrected chi connectivity index (χ0v) is 12.4. The number of nitrogens with one attached hydrogen (secondary N) is 1. The molecule has 1 N–H and O–H groups in total. The second-order valence-corrected chi connectivity index (χ2v) is 5.86. The van der Waals surface area contributed by atoms with E-state index >= 15 is 0 Å². The van der Waals surface area contributed by atoms with E-state index in [1.807, 2.05) is 11.7 Å². The van der Waals surface area contributed by atoms with Gasteiger partial charge in [-0.15, -0.1) is 11.3 Å². The van der Waals surface area contributed by atoms with Crippen LogP contribution >= 0.6 is 11.3 Å². The maximum atomic E-state index is 4.17. The quantitative estimate of drug-likeness (QED) is 0.759. The van der Waals surface area contributed by atoms with Crippen molar-refractivity contribution < 1.29 is 0 Å². The highest BCUT2D eigenvalue weighted by Gasteiger charge is 2.12. The van der Waals surface area contributed by atoms with E-state index in [2.05, 4.69) is 59.7 Å². The second-order valence-electron chi connectivity index (χ2n) is 4.89. The lowest BCUT2D eigenvalue weighted by atomic mass is 9.99. The Morgan fingerprint density at radius 3 is 2.75 bits per heavy atom. The Morgan fingerprint density at radius 2 is 2.00 bits per heavy atom. The van der Waals surface area contributed by atoms with Crippen molar-refractivity contribution in [1.29, 1.82) is 0 Å². The van der Waals surface area contributed by atoms with Gasteiger partial charge in [0.2, 0.25) is 0 Å². The molecule has 0 aliphatic carbocycles. The maximum absolute atomic E-state index is 4.17. The number of likely N-dealkylation sites (N-methyl/N-ethyl adjacent to an activating group) is 1. The van der Waals surface area contributed by atoms with E-state index in [-0.39, 0.29) is 0 Å². The molecular formula is C17H18N2S. The van der Waals surface area contributed by atoms with Crippen LogP contribution in [0.3, 0.4) is 0 Å². The van der Waals surface area contributed by atoms with Gasteiger partial charge in [-0.1, -0.05) is 43.3 Å². The molecule has 1 aromatic heterocycles. The van der Waals surface area contributed by atoms with Crippen molar-refractivity contribution in [3.05, 3.63) is 64.6 Å². The molecule has 0 bridgehead atoms. The van der Waals surface area contributed by atoms with Crippen LogP contribution in [0.15, 0.2) is 54.2 Å². The minimum absolute atomic E-state index is 0.352. The topological polar surface area (TPSA) is 24.9 Å². The molecule has 3 rings (SSSR count). The lowest BCUT2D eigenvalue weighted by molar-refractivity contribution is 0.553. The standard InChI is InChI=1S/C17H18N2S/c1-2-19-17(10-16-11-18-12-20-16)15-8-7-13-5-3-4-6-14(13)9-15/h3-9,11-12,17,19H,2,10H2,1H3. The summed E-state index contributed by atoms with van der Waals surface area (Å²) < 4.78 is 0. The largest absolute Gasteiger partial charge is 0.310 e. The molecule has 2 aromatic carbocycles. The predicted molar refractivity (Wildman–Crippen MR) is 86.2 cm³/mol. The zero-order chi connectivity index (χ0) is 13.8. The molecule has 0 fully saturated rings. The van der Waals surface area contributed by atoms with E-state index < -0.39 is 0 Å². The summed E-state index contributed by atoms with van der Waals surface area (Å²) in [7, 11) is 0. The van der Waals surface area contributed by atoms with Gasteiger partial charge in [0.1, 0.15) is 0 Å². The number of rotatable bonds is 5. The van der Waals surface area contributed by atoms with Crippen LogP contribution in [0.2, 0.25) is 0 Å². The third kappa shape index (κ3) is 2.89. The van der Waals surface area contributed by atoms with Crippen LogP contribution in [0.25, 0.3) is 10.8 Å². The van der Waals surface area contributed by atoms with Crippen LogP contribution in [0.5, 0.6) is 0 Å². The molecule has 2 nitrogen and oxygen atoms in total. The average Bonchev–Trinajstić information content (AvgIpc) is 2.99. The van der Waals surface area contributed by atoms with Crippen molar-refractivity contribution in [2.45, 2.75) is 19.4 Å². The molecule has 3 aromatic rings. The lowest BCUT2D eigenvalue weighted by Gasteiger charge is -2.18. The van der Waals surface area contributed by atoms with Gasteiger partial charge in [0, 0.05) is 23.5 Å². The molecule has 3 heteroatoms. The summed E-state index contributed by atoms with van der Waals surface area (Å²) >= 11 is 1.72. The van der Waals surface area contributed by atoms with E-state index in [1.54, 1.807) is 11.3 Å². The summed E-state index contributed by atoms with van der Waals surface area (Å²) in [4.78, 5) is 5.49. The fourth-order valence-electron chi connectivity index (χ4n) is 2.52. The number of nitrogens with zero attached hydrogens (tertiary/aromatic N) is 1. The Hall–Kier alpha value is -1.71. The highest BCUT2D eigenvalue weighted by Crippen LogP contribution is 2.24. The molecule has 0 aliphatic heterocycles. The van der Waals surface area contributed by atoms with Crippen LogP contribution in [0.1, 0.15) is 23.4 Å². The summed E-state index contributed by atoms with van der Waals surface area (Å²) in [5.41, 5.74) is 3.25. The van der Waals surface area contributed by atoms with Gasteiger partial charge >= 0.3 is 0 Å². The summed E-state index contributed by atoms with van der Waals surface area (Å²) in [6, 6.07) is 15.6. The molecule has 0 saturated carbocycles. The van der Waals surface area contributed by atoms with Gasteiger partial charge in [-0.3, -0.25) is 4.98 Å². The minimum atomic E-state index is 0.352. The number of benzene rings is 2. The first kappa shape index (κ1) is 13.3. The molecule has 0 aliphatic rings. The maximum Gasteiger partial charge on any atom is 0.0794 e. The fraction of sp³-hybridized carbons (Fsp3) is 0.235. The fourth-order valence-corrected chi connectivity index (χ4v) is 3.16. The van der Waals surface area contributed by atoms with E-state index in [9.17, 15) is 0 Å². The first-order chi connectivity index (χ1) is 9.86. The molecule has 102 valence electrons. The van der Waals surface area contributed by atoms with Crippen molar-refractivity contribution in [2.24, 2.45) is 0 Å². The van der Waals surface area contributed by atoms with E-state index in [0.29, 0.717) is 6.04 Å². The lowest BCUT2D eigenvalue weighted by Crippen LogP contribution is -2.22. The van der Waals surface area contributed by atoms with E-state index in [0.717, 1.165) is 13.0 Å². The van der Waals surface area contributed by atoms with Gasteiger partial charge in [0.15, 0.2) is 0 Å². The van der Waals surface area contributed by atoms with Gasteiger partial charge in [-0.05, 0) is 28.9 Å². The first-order valence-electron chi connectivity index (χ1n) is 6.96. The van der Waals surface area contributed by atoms with Crippen molar-refractivity contribution in [2.75, 3.05) is 6.54 Å². The molecule has 1 unspecified atom stereocenters. The van der Waals surface area contributed by atoms with Crippen LogP contribution in [0.4, 0.5) is 0 Å². The Labute approximate surface area is 123 Å². The van der Waals surface area contributed by atoms with Crippen molar-refractivity contribution in [3.63, 3.8) is 0 Å². The van der Waals surface area contributed by atoms with Gasteiger partial charge in [-0.2, -0.15) is 0 Å². The van der Waals surface area contributed by atoms with Gasteiger partial charge < -0.3 is 5.32 Å². The van der Waals surface area contributed by atoms with Crippen LogP contribution in [0, 0.1) is 0 Å². The summed E-state index contributed by atoms with van der Waals surface area (Å²) in [6.07, 6.45) is 2.97. The smallest absolute Gasteiger partial charge is 0.0794 e. The van der Waals surface area contributed by atoms with Gasteiger partial charge in [0.25, 0.3) is 0 Å². The molecule has 0 spiro atoms. The van der Waals surface area contributed by atoms with Crippen LogP contribution in [-0.2, 0) is 6.42 Å².